The minimum atomic E-state index is -1.52. The van der Waals surface area contributed by atoms with E-state index in [1.165, 1.54) is 6.20 Å². The summed E-state index contributed by atoms with van der Waals surface area (Å²) in [5.41, 5.74) is 0.197. The number of hydrogen-bond acceptors (Lipinski definition) is 7. The summed E-state index contributed by atoms with van der Waals surface area (Å²) in [6.07, 6.45) is 0.0529. The number of aromatic amines is 1. The molecule has 0 amide bonds. The molecule has 5 N–H and O–H groups in total. The van der Waals surface area contributed by atoms with Crippen LogP contribution in [0.25, 0.3) is 11.6 Å². The normalized spacial score (nSPS) is 16.0. The van der Waals surface area contributed by atoms with Gasteiger partial charge in [-0.1, -0.05) is 0 Å². The van der Waals surface area contributed by atoms with Gasteiger partial charge < -0.3 is 25.4 Å². The first-order valence-corrected chi connectivity index (χ1v) is 5.61. The number of nitrogens with zero attached hydrogens (tertiary/aromatic N) is 3. The second-order valence-corrected chi connectivity index (χ2v) is 3.94. The molecular weight excluding hydrogens is 252 g/mol. The van der Waals surface area contributed by atoms with Crippen LogP contribution in [0.5, 0.6) is 0 Å². The number of aliphatic hydroxyl groups excluding tert-OH is 4. The van der Waals surface area contributed by atoms with Crippen molar-refractivity contribution in [3.8, 4) is 11.6 Å². The molecule has 3 atom stereocenters. The van der Waals surface area contributed by atoms with E-state index in [4.69, 9.17) is 5.11 Å². The van der Waals surface area contributed by atoms with Crippen molar-refractivity contribution < 1.29 is 20.4 Å². The van der Waals surface area contributed by atoms with E-state index in [2.05, 4.69) is 19.9 Å². The molecule has 0 aromatic carbocycles. The van der Waals surface area contributed by atoms with Gasteiger partial charge in [-0.25, -0.2) is 15.0 Å². The molecule has 2 rings (SSSR count). The zero-order chi connectivity index (χ0) is 13.8. The molecule has 2 aromatic heterocycles. The molecule has 0 unspecified atom stereocenters. The third kappa shape index (κ3) is 2.93. The number of aliphatic hydroxyl groups is 4. The zero-order valence-electron chi connectivity index (χ0n) is 9.88. The van der Waals surface area contributed by atoms with Crippen LogP contribution in [0.1, 0.15) is 11.8 Å². The number of aromatic nitrogens is 4. The van der Waals surface area contributed by atoms with Crippen molar-refractivity contribution in [2.75, 3.05) is 6.61 Å². The fraction of sp³-hybridized carbons (Fsp3) is 0.364. The Balaban J connectivity index is 2.17. The predicted octanol–water partition coefficient (Wildman–Crippen LogP) is -1.39. The van der Waals surface area contributed by atoms with Crippen molar-refractivity contribution in [1.29, 1.82) is 0 Å². The van der Waals surface area contributed by atoms with Gasteiger partial charge in [0.15, 0.2) is 11.6 Å². The third-order valence-electron chi connectivity index (χ3n) is 2.60. The Hall–Kier alpha value is -1.87. The zero-order valence-corrected chi connectivity index (χ0v) is 9.88. The third-order valence-corrected chi connectivity index (χ3v) is 2.60. The molecule has 0 aliphatic carbocycles. The van der Waals surface area contributed by atoms with Gasteiger partial charge in [0.25, 0.3) is 0 Å². The monoisotopic (exact) mass is 266 g/mol. The first kappa shape index (κ1) is 13.6. The summed E-state index contributed by atoms with van der Waals surface area (Å²) in [7, 11) is 0. The van der Waals surface area contributed by atoms with Crippen molar-refractivity contribution in [2.45, 2.75) is 18.3 Å². The van der Waals surface area contributed by atoms with E-state index < -0.39 is 24.9 Å². The van der Waals surface area contributed by atoms with Crippen LogP contribution in [0.3, 0.4) is 0 Å². The van der Waals surface area contributed by atoms with Gasteiger partial charge in [-0.05, 0) is 6.07 Å². The highest BCUT2D eigenvalue weighted by Crippen LogP contribution is 2.19. The minimum Gasteiger partial charge on any atom is -0.394 e. The number of imidazole rings is 1. The van der Waals surface area contributed by atoms with Crippen LogP contribution in [0, 0.1) is 0 Å². The van der Waals surface area contributed by atoms with Crippen LogP contribution in [0.4, 0.5) is 0 Å². The van der Waals surface area contributed by atoms with Crippen molar-refractivity contribution >= 4 is 0 Å². The first-order valence-electron chi connectivity index (χ1n) is 5.61. The SMILES string of the molecule is OC[C@@H](O)[C@@H](O)[C@H](O)c1cnc(-c2ncccn2)[nH]1. The topological polar surface area (TPSA) is 135 Å². The fourth-order valence-electron chi connectivity index (χ4n) is 1.52. The molecule has 8 nitrogen and oxygen atoms in total. The van der Waals surface area contributed by atoms with Gasteiger partial charge in [-0.15, -0.1) is 0 Å². The van der Waals surface area contributed by atoms with E-state index >= 15 is 0 Å². The number of nitrogens with one attached hydrogen (secondary N) is 1. The summed E-state index contributed by atoms with van der Waals surface area (Å²) in [6.45, 7) is -0.652. The van der Waals surface area contributed by atoms with Crippen LogP contribution in [0.15, 0.2) is 24.7 Å². The summed E-state index contributed by atoms with van der Waals surface area (Å²) in [5.74, 6) is 0.679. The van der Waals surface area contributed by atoms with E-state index in [1.807, 2.05) is 0 Å². The van der Waals surface area contributed by atoms with E-state index in [9.17, 15) is 15.3 Å². The molecule has 2 heterocycles. The number of hydrogen-bond donors (Lipinski definition) is 5. The lowest BCUT2D eigenvalue weighted by Crippen LogP contribution is -2.34. The van der Waals surface area contributed by atoms with Gasteiger partial charge in [0, 0.05) is 12.4 Å². The molecule has 8 heteroatoms. The molecule has 19 heavy (non-hydrogen) atoms. The molecular formula is C11H14N4O4. The summed E-state index contributed by atoms with van der Waals surface area (Å²) >= 11 is 0. The molecule has 0 aliphatic heterocycles. The Morgan fingerprint density at radius 1 is 1.11 bits per heavy atom. The summed E-state index contributed by atoms with van der Waals surface area (Å²) in [6, 6.07) is 1.66. The van der Waals surface area contributed by atoms with Crippen LogP contribution in [-0.4, -0.2) is 59.2 Å². The maximum atomic E-state index is 9.82. The first-order chi connectivity index (χ1) is 9.13. The smallest absolute Gasteiger partial charge is 0.195 e. The Morgan fingerprint density at radius 3 is 2.42 bits per heavy atom. The largest absolute Gasteiger partial charge is 0.394 e. The predicted molar refractivity (Wildman–Crippen MR) is 63.7 cm³/mol. The van der Waals surface area contributed by atoms with E-state index in [-0.39, 0.29) is 5.69 Å². The van der Waals surface area contributed by atoms with Gasteiger partial charge in [-0.3, -0.25) is 0 Å². The van der Waals surface area contributed by atoms with Crippen molar-refractivity contribution in [3.05, 3.63) is 30.4 Å². The lowest BCUT2D eigenvalue weighted by Gasteiger charge is -2.20. The van der Waals surface area contributed by atoms with Crippen molar-refractivity contribution in [2.24, 2.45) is 0 Å². The second kappa shape index (κ2) is 5.85. The van der Waals surface area contributed by atoms with Crippen LogP contribution < -0.4 is 0 Å². The van der Waals surface area contributed by atoms with E-state index in [1.54, 1.807) is 18.5 Å². The fourth-order valence-corrected chi connectivity index (χ4v) is 1.52. The van der Waals surface area contributed by atoms with E-state index in [0.29, 0.717) is 11.6 Å². The lowest BCUT2D eigenvalue weighted by molar-refractivity contribution is -0.0788. The van der Waals surface area contributed by atoms with Gasteiger partial charge >= 0.3 is 0 Å². The molecule has 0 bridgehead atoms. The highest BCUT2D eigenvalue weighted by atomic mass is 16.4. The maximum Gasteiger partial charge on any atom is 0.195 e. The molecule has 0 saturated heterocycles. The van der Waals surface area contributed by atoms with Gasteiger partial charge in [0.05, 0.1) is 18.5 Å². The maximum absolute atomic E-state index is 9.82. The molecule has 0 saturated carbocycles. The average molecular weight is 266 g/mol. The van der Waals surface area contributed by atoms with Gasteiger partial charge in [-0.2, -0.15) is 0 Å². The standard InChI is InChI=1S/C11H14N4O4/c16-5-7(17)9(19)8(18)6-4-14-11(15-6)10-12-2-1-3-13-10/h1-4,7-9,16-19H,5H2,(H,14,15)/t7-,8-,9-/m1/s1. The quantitative estimate of drug-likeness (QED) is 0.449. The lowest BCUT2D eigenvalue weighted by atomic mass is 10.1. The van der Waals surface area contributed by atoms with Crippen LogP contribution >= 0.6 is 0 Å². The van der Waals surface area contributed by atoms with Crippen molar-refractivity contribution in [3.63, 3.8) is 0 Å². The number of H-pyrrole nitrogens is 1. The second-order valence-electron chi connectivity index (χ2n) is 3.94. The minimum absolute atomic E-state index is 0.197. The van der Waals surface area contributed by atoms with E-state index in [0.717, 1.165) is 0 Å². The summed E-state index contributed by atoms with van der Waals surface area (Å²) < 4.78 is 0. The number of rotatable bonds is 5. The van der Waals surface area contributed by atoms with Crippen molar-refractivity contribution in [1.82, 2.24) is 19.9 Å². The molecule has 0 aliphatic rings. The Morgan fingerprint density at radius 2 is 1.79 bits per heavy atom. The van der Waals surface area contributed by atoms with Gasteiger partial charge in [0.2, 0.25) is 0 Å². The highest BCUT2D eigenvalue weighted by Gasteiger charge is 2.27. The average Bonchev–Trinajstić information content (AvgIpc) is 2.95. The molecule has 0 spiro atoms. The Bertz CT molecular complexity index is 518. The van der Waals surface area contributed by atoms with Crippen LogP contribution in [-0.2, 0) is 0 Å². The summed E-state index contributed by atoms with van der Waals surface area (Å²) in [5, 5.41) is 37.4. The Kier molecular flexibility index (Phi) is 4.17. The van der Waals surface area contributed by atoms with Gasteiger partial charge in [0.1, 0.15) is 18.3 Å². The highest BCUT2D eigenvalue weighted by molar-refractivity contribution is 5.42. The molecule has 0 radical (unpaired) electrons. The molecule has 102 valence electrons. The molecule has 0 fully saturated rings. The Labute approximate surface area is 108 Å². The van der Waals surface area contributed by atoms with Crippen LogP contribution in [0.2, 0.25) is 0 Å². The summed E-state index contributed by atoms with van der Waals surface area (Å²) in [4.78, 5) is 14.7. The molecule has 2 aromatic rings.